The molecule has 0 radical (unpaired) electrons. The maximum Gasteiger partial charge on any atom is -1.00 e. The van der Waals surface area contributed by atoms with E-state index in [0.717, 1.165) is 16.5 Å². The first-order chi connectivity index (χ1) is 18.6. The van der Waals surface area contributed by atoms with Crippen LogP contribution in [0.5, 0.6) is 0 Å². The van der Waals surface area contributed by atoms with Crippen LogP contribution >= 0.6 is 0 Å². The summed E-state index contributed by atoms with van der Waals surface area (Å²) in [5.41, 5.74) is 9.50. The molecule has 0 aliphatic heterocycles. The molecular weight excluding hydrogens is 607 g/mol. The van der Waals surface area contributed by atoms with Crippen molar-refractivity contribution in [2.24, 2.45) is 0 Å². The van der Waals surface area contributed by atoms with E-state index >= 15 is 0 Å². The van der Waals surface area contributed by atoms with E-state index in [1.54, 1.807) is 22.3 Å². The Morgan fingerprint density at radius 2 is 1.25 bits per heavy atom. The summed E-state index contributed by atoms with van der Waals surface area (Å²) in [4.78, 5) is 0. The molecule has 0 heterocycles. The predicted octanol–water partition coefficient (Wildman–Crippen LogP) is 5.41. The van der Waals surface area contributed by atoms with Gasteiger partial charge in [-0.25, -0.2) is 0 Å². The van der Waals surface area contributed by atoms with Gasteiger partial charge in [0, 0.05) is 0 Å². The van der Waals surface area contributed by atoms with Crippen molar-refractivity contribution in [3.05, 3.63) is 105 Å². The third-order valence-corrected chi connectivity index (χ3v) is 17.3. The largest absolute Gasteiger partial charge is 1.00 e. The number of fused-ring (bicyclic) bond motifs is 3. The molecule has 215 valence electrons. The van der Waals surface area contributed by atoms with Gasteiger partial charge in [0.1, 0.15) is 0 Å². The Bertz CT molecular complexity index is 1070. The standard InChI is InChI=1S/C29H37.C5H5.C3H7.2ClH.Zr/c1-3-5-7-9-11-13-15-24-17-19-28-26(21-24)23-27-22-25(18-20-29(27)28)16-14-12-10-8-6-4-2;1-2-4-5-3-1;1-3-2;;;/h3-4,17-23H,1-2,5-16H2;1-3H,4H2;3H,1-2H3;2*1H;/q;;;;;+2/p-2. The van der Waals surface area contributed by atoms with E-state index in [4.69, 9.17) is 0 Å². The van der Waals surface area contributed by atoms with Gasteiger partial charge in [0.05, 0.1) is 0 Å². The van der Waals surface area contributed by atoms with E-state index in [1.807, 2.05) is 3.28 Å². The molecule has 40 heavy (non-hydrogen) atoms. The molecule has 0 amide bonds. The SMILES string of the molecule is C=CCCCCCCc1ccc2c(c1)[CH]([Zr+2]([C]1=CC=CC1)[CH](C)C)c1cc(CCCCCCC=C)ccc1-2.[Cl-].[Cl-]. The average Bonchev–Trinajstić information content (AvgIpc) is 3.55. The summed E-state index contributed by atoms with van der Waals surface area (Å²) in [5, 5.41) is 0. The second-order valence-corrected chi connectivity index (χ2v) is 19.8. The molecule has 0 saturated carbocycles. The van der Waals surface area contributed by atoms with E-state index in [0.29, 0.717) is 3.63 Å². The molecule has 0 nitrogen and oxygen atoms in total. The van der Waals surface area contributed by atoms with Crippen molar-refractivity contribution in [2.75, 3.05) is 0 Å². The second kappa shape index (κ2) is 18.4. The normalized spacial score (nSPS) is 13.3. The van der Waals surface area contributed by atoms with Gasteiger partial charge in [0.2, 0.25) is 0 Å². The summed E-state index contributed by atoms with van der Waals surface area (Å²) in [6, 6.07) is 15.1. The number of allylic oxidation sites excluding steroid dienone is 6. The van der Waals surface area contributed by atoms with Crippen molar-refractivity contribution in [1.82, 2.24) is 0 Å². The van der Waals surface area contributed by atoms with Crippen molar-refractivity contribution in [3.63, 3.8) is 0 Å². The number of aryl methyl sites for hydroxylation is 2. The Labute approximate surface area is 266 Å². The molecule has 2 aliphatic carbocycles. The Morgan fingerprint density at radius 3 is 1.68 bits per heavy atom. The van der Waals surface area contributed by atoms with Crippen molar-refractivity contribution in [1.29, 1.82) is 0 Å². The van der Waals surface area contributed by atoms with Gasteiger partial charge >= 0.3 is 243 Å². The van der Waals surface area contributed by atoms with Crippen LogP contribution in [0, 0.1) is 0 Å². The molecule has 0 N–H and O–H groups in total. The third-order valence-electron chi connectivity index (χ3n) is 8.47. The Morgan fingerprint density at radius 1 is 0.750 bits per heavy atom. The molecule has 0 aromatic heterocycles. The van der Waals surface area contributed by atoms with Crippen molar-refractivity contribution < 1.29 is 46.6 Å². The van der Waals surface area contributed by atoms with Crippen molar-refractivity contribution in [3.8, 4) is 11.1 Å². The van der Waals surface area contributed by atoms with Crippen LogP contribution in [0.1, 0.15) is 110 Å². The second-order valence-electron chi connectivity index (χ2n) is 11.7. The maximum absolute atomic E-state index is 3.87. The van der Waals surface area contributed by atoms with Gasteiger partial charge in [-0.2, -0.15) is 0 Å². The van der Waals surface area contributed by atoms with Crippen molar-refractivity contribution >= 4 is 0 Å². The monoisotopic (exact) mass is 653 g/mol. The molecule has 4 rings (SSSR count). The predicted molar refractivity (Wildman–Crippen MR) is 165 cm³/mol. The van der Waals surface area contributed by atoms with Crippen LogP contribution in [0.15, 0.2) is 83.2 Å². The first kappa shape index (κ1) is 35.1. The van der Waals surface area contributed by atoms with E-state index in [1.165, 1.54) is 81.8 Å². The molecule has 2 aromatic rings. The van der Waals surface area contributed by atoms with Crippen LogP contribution in [-0.2, 0) is 34.6 Å². The molecular formula is C37H49Cl2Zr. The number of hydrogen-bond acceptors (Lipinski definition) is 0. The van der Waals surface area contributed by atoms with Gasteiger partial charge in [0.15, 0.2) is 0 Å². The first-order valence-electron chi connectivity index (χ1n) is 15.3. The van der Waals surface area contributed by atoms with E-state index in [2.05, 4.69) is 93.8 Å². The van der Waals surface area contributed by atoms with Gasteiger partial charge in [-0.1, -0.05) is 0 Å². The van der Waals surface area contributed by atoms with Crippen LogP contribution in [0.3, 0.4) is 0 Å². The Balaban J connectivity index is 0.00000280. The summed E-state index contributed by atoms with van der Waals surface area (Å²) < 4.78 is 3.27. The minimum absolute atomic E-state index is 0. The molecule has 2 aliphatic rings. The van der Waals surface area contributed by atoms with Crippen LogP contribution in [0.4, 0.5) is 0 Å². The third kappa shape index (κ3) is 9.18. The summed E-state index contributed by atoms with van der Waals surface area (Å²) >= 11 is -1.99. The summed E-state index contributed by atoms with van der Waals surface area (Å²) in [7, 11) is 0. The van der Waals surface area contributed by atoms with E-state index < -0.39 is 21.8 Å². The zero-order valence-corrected chi connectivity index (χ0v) is 28.8. The fourth-order valence-corrected chi connectivity index (χ4v) is 15.3. The zero-order valence-electron chi connectivity index (χ0n) is 24.9. The first-order valence-corrected chi connectivity index (χ1v) is 19.4. The zero-order chi connectivity index (χ0) is 26.7. The van der Waals surface area contributed by atoms with Crippen LogP contribution in [0.2, 0.25) is 3.63 Å². The molecule has 0 saturated heterocycles. The Hall–Kier alpha value is -1.14. The molecule has 0 unspecified atom stereocenters. The molecule has 2 aromatic carbocycles. The smallest absolute Gasteiger partial charge is 1.00 e. The molecule has 0 atom stereocenters. The van der Waals surface area contributed by atoms with E-state index in [9.17, 15) is 0 Å². The number of halogens is 2. The summed E-state index contributed by atoms with van der Waals surface area (Å²) in [6.07, 6.45) is 27.7. The van der Waals surface area contributed by atoms with Gasteiger partial charge in [-0.05, 0) is 0 Å². The van der Waals surface area contributed by atoms with Gasteiger partial charge in [0.25, 0.3) is 0 Å². The van der Waals surface area contributed by atoms with Gasteiger partial charge in [-0.3, -0.25) is 0 Å². The van der Waals surface area contributed by atoms with Gasteiger partial charge < -0.3 is 24.8 Å². The van der Waals surface area contributed by atoms with E-state index in [-0.39, 0.29) is 24.8 Å². The summed E-state index contributed by atoms with van der Waals surface area (Å²) in [6.45, 7) is 12.8. The number of unbranched alkanes of at least 4 members (excludes halogenated alkanes) is 8. The molecule has 3 heteroatoms. The van der Waals surface area contributed by atoms with Gasteiger partial charge in [-0.15, -0.1) is 0 Å². The average molecular weight is 656 g/mol. The van der Waals surface area contributed by atoms with Crippen LogP contribution in [0.25, 0.3) is 11.1 Å². The number of hydrogen-bond donors (Lipinski definition) is 0. The number of rotatable bonds is 17. The van der Waals surface area contributed by atoms with Crippen molar-refractivity contribution in [2.45, 2.75) is 105 Å². The van der Waals surface area contributed by atoms with Crippen LogP contribution < -0.4 is 24.8 Å². The minimum atomic E-state index is -1.99. The molecule has 0 bridgehead atoms. The fraction of sp³-hybridized carbons (Fsp3) is 0.459. The quantitative estimate of drug-likeness (QED) is 0.158. The maximum atomic E-state index is 3.87. The molecule has 0 spiro atoms. The minimum Gasteiger partial charge on any atom is -1.00 e. The molecule has 0 fully saturated rings. The Kier molecular flexibility index (Phi) is 16.1. The fourth-order valence-electron chi connectivity index (χ4n) is 6.50. The van der Waals surface area contributed by atoms with Crippen LogP contribution in [-0.4, -0.2) is 0 Å². The number of benzene rings is 2. The summed E-state index contributed by atoms with van der Waals surface area (Å²) in [5.74, 6) is 0. The topological polar surface area (TPSA) is 0 Å².